The molecule has 7 nitrogen and oxygen atoms in total. The van der Waals surface area contributed by atoms with Crippen LogP contribution in [0.1, 0.15) is 0 Å². The molecule has 0 saturated carbocycles. The van der Waals surface area contributed by atoms with Crippen LogP contribution in [-0.4, -0.2) is 19.9 Å². The minimum absolute atomic E-state index is 0.577. The second-order valence-electron chi connectivity index (χ2n) is 13.2. The Labute approximate surface area is 316 Å². The molecular formula is C48H31N5O2. The third kappa shape index (κ3) is 6.30. The molecule has 0 bridgehead atoms. The zero-order valence-electron chi connectivity index (χ0n) is 29.5. The zero-order valence-corrected chi connectivity index (χ0v) is 29.5. The van der Waals surface area contributed by atoms with E-state index >= 15 is 0 Å². The highest BCUT2D eigenvalue weighted by atomic mass is 16.4. The quantitative estimate of drug-likeness (QED) is 0.155. The van der Waals surface area contributed by atoms with Crippen LogP contribution >= 0.6 is 0 Å². The first-order chi connectivity index (χ1) is 27.2. The summed E-state index contributed by atoms with van der Waals surface area (Å²) in [5.74, 6) is 1.80. The topological polar surface area (TPSA) is 81.1 Å². The number of hydrogen-bond acceptors (Lipinski definition) is 7. The Bertz CT molecular complexity index is 2730. The Morgan fingerprint density at radius 2 is 0.727 bits per heavy atom. The van der Waals surface area contributed by atoms with Crippen LogP contribution in [0, 0.1) is 0 Å². The summed E-state index contributed by atoms with van der Waals surface area (Å²) < 4.78 is 12.7. The lowest BCUT2D eigenvalue weighted by Crippen LogP contribution is -2.09. The van der Waals surface area contributed by atoms with E-state index in [4.69, 9.17) is 28.8 Å². The van der Waals surface area contributed by atoms with Crippen LogP contribution in [0.25, 0.3) is 79.0 Å². The van der Waals surface area contributed by atoms with Crippen LogP contribution < -0.4 is 4.90 Å². The molecule has 0 amide bonds. The second-order valence-corrected chi connectivity index (χ2v) is 13.2. The molecule has 0 N–H and O–H groups in total. The summed E-state index contributed by atoms with van der Waals surface area (Å²) in [4.78, 5) is 21.8. The van der Waals surface area contributed by atoms with Gasteiger partial charge in [-0.15, -0.1) is 0 Å². The second kappa shape index (κ2) is 13.7. The maximum Gasteiger partial charge on any atom is 0.227 e. The van der Waals surface area contributed by atoms with Gasteiger partial charge in [-0.3, -0.25) is 0 Å². The number of fused-ring (bicyclic) bond motifs is 2. The van der Waals surface area contributed by atoms with Crippen molar-refractivity contribution >= 4 is 39.3 Å². The molecule has 0 saturated heterocycles. The normalized spacial score (nSPS) is 11.3. The van der Waals surface area contributed by atoms with Crippen molar-refractivity contribution < 1.29 is 8.83 Å². The van der Waals surface area contributed by atoms with Gasteiger partial charge >= 0.3 is 0 Å². The van der Waals surface area contributed by atoms with E-state index in [2.05, 4.69) is 71.6 Å². The third-order valence-electron chi connectivity index (χ3n) is 9.55. The van der Waals surface area contributed by atoms with Gasteiger partial charge < -0.3 is 13.7 Å². The predicted octanol–water partition coefficient (Wildman–Crippen LogP) is 12.6. The molecule has 3 aromatic heterocycles. The van der Waals surface area contributed by atoms with Crippen molar-refractivity contribution in [2.45, 2.75) is 0 Å². The number of nitrogens with zero attached hydrogens (tertiary/aromatic N) is 5. The van der Waals surface area contributed by atoms with Gasteiger partial charge in [0, 0.05) is 57.0 Å². The SMILES string of the molecule is c1ccc(-c2cc(-c3ccccc3)nc(-c3ccc(N(c4ccc5nc(-c6ccccc6)oc5c4)c4ccc5nc(-c6ccccc6)oc5c4)cc3)n2)cc1. The van der Waals surface area contributed by atoms with Gasteiger partial charge in [-0.2, -0.15) is 0 Å². The lowest BCUT2D eigenvalue weighted by Gasteiger charge is -2.25. The highest BCUT2D eigenvalue weighted by Crippen LogP contribution is 2.40. The van der Waals surface area contributed by atoms with Crippen molar-refractivity contribution in [2.75, 3.05) is 4.90 Å². The summed E-state index contributed by atoms with van der Waals surface area (Å²) in [7, 11) is 0. The number of oxazole rings is 2. The number of hydrogen-bond donors (Lipinski definition) is 0. The van der Waals surface area contributed by atoms with E-state index in [1.165, 1.54) is 0 Å². The summed E-state index contributed by atoms with van der Waals surface area (Å²) in [6, 6.07) is 62.9. The number of benzene rings is 7. The maximum atomic E-state index is 6.33. The Hall–Kier alpha value is -7.64. The monoisotopic (exact) mass is 709 g/mol. The Morgan fingerprint density at radius 3 is 1.16 bits per heavy atom. The first-order valence-corrected chi connectivity index (χ1v) is 18.0. The summed E-state index contributed by atoms with van der Waals surface area (Å²) >= 11 is 0. The summed E-state index contributed by atoms with van der Waals surface area (Å²) in [5.41, 5.74) is 12.2. The van der Waals surface area contributed by atoms with Crippen LogP contribution in [0.15, 0.2) is 197 Å². The lowest BCUT2D eigenvalue weighted by atomic mass is 10.1. The van der Waals surface area contributed by atoms with Gasteiger partial charge in [0.2, 0.25) is 11.8 Å². The molecule has 0 radical (unpaired) electrons. The van der Waals surface area contributed by atoms with Crippen LogP contribution in [-0.2, 0) is 0 Å². The fourth-order valence-corrected chi connectivity index (χ4v) is 6.81. The smallest absolute Gasteiger partial charge is 0.227 e. The lowest BCUT2D eigenvalue weighted by molar-refractivity contribution is 0.620. The van der Waals surface area contributed by atoms with Gasteiger partial charge in [0.05, 0.1) is 11.4 Å². The van der Waals surface area contributed by atoms with Crippen molar-refractivity contribution in [3.8, 4) is 56.8 Å². The van der Waals surface area contributed by atoms with Crippen molar-refractivity contribution in [1.82, 2.24) is 19.9 Å². The molecule has 0 aliphatic heterocycles. The van der Waals surface area contributed by atoms with E-state index in [1.54, 1.807) is 0 Å². The van der Waals surface area contributed by atoms with E-state index in [1.807, 2.05) is 121 Å². The molecule has 55 heavy (non-hydrogen) atoms. The van der Waals surface area contributed by atoms with Crippen LogP contribution in [0.5, 0.6) is 0 Å². The van der Waals surface area contributed by atoms with Crippen molar-refractivity contribution in [2.24, 2.45) is 0 Å². The van der Waals surface area contributed by atoms with Gasteiger partial charge in [-0.05, 0) is 78.9 Å². The average molecular weight is 710 g/mol. The molecule has 7 heteroatoms. The number of aromatic nitrogens is 4. The van der Waals surface area contributed by atoms with E-state index in [9.17, 15) is 0 Å². The molecule has 0 unspecified atom stereocenters. The van der Waals surface area contributed by atoms with Gasteiger partial charge in [0.25, 0.3) is 0 Å². The minimum atomic E-state index is 0.577. The average Bonchev–Trinajstić information content (AvgIpc) is 3.90. The summed E-state index contributed by atoms with van der Waals surface area (Å²) in [5, 5.41) is 0. The van der Waals surface area contributed by atoms with Gasteiger partial charge in [0.15, 0.2) is 17.0 Å². The fourth-order valence-electron chi connectivity index (χ4n) is 6.81. The van der Waals surface area contributed by atoms with E-state index < -0.39 is 0 Å². The Kier molecular flexibility index (Phi) is 8.00. The van der Waals surface area contributed by atoms with E-state index in [0.29, 0.717) is 28.8 Å². The maximum absolute atomic E-state index is 6.33. The molecule has 0 aliphatic rings. The highest BCUT2D eigenvalue weighted by molar-refractivity contribution is 5.89. The standard InChI is InChI=1S/C48H31N5O2/c1-5-13-32(14-6-1)42-31-43(33-15-7-2-8-16-33)50-46(49-42)34-21-23-37(24-22-34)53(38-25-27-40-44(29-38)54-47(51-40)35-17-9-3-10-18-35)39-26-28-41-45(30-39)55-48(52-41)36-19-11-4-12-20-36/h1-31H. The molecule has 260 valence electrons. The first kappa shape index (κ1) is 32.0. The van der Waals surface area contributed by atoms with Crippen molar-refractivity contribution in [1.29, 1.82) is 0 Å². The minimum Gasteiger partial charge on any atom is -0.436 e. The van der Waals surface area contributed by atoms with E-state index in [-0.39, 0.29) is 0 Å². The van der Waals surface area contributed by atoms with Gasteiger partial charge in [-0.25, -0.2) is 19.9 Å². The zero-order chi connectivity index (χ0) is 36.6. The van der Waals surface area contributed by atoms with Gasteiger partial charge in [0.1, 0.15) is 11.0 Å². The molecular weight excluding hydrogens is 679 g/mol. The molecule has 10 aromatic rings. The molecule has 0 spiro atoms. The molecule has 0 aliphatic carbocycles. The first-order valence-electron chi connectivity index (χ1n) is 18.0. The van der Waals surface area contributed by atoms with Crippen LogP contribution in [0.3, 0.4) is 0 Å². The molecule has 7 aromatic carbocycles. The largest absolute Gasteiger partial charge is 0.436 e. The van der Waals surface area contributed by atoms with E-state index in [0.717, 1.165) is 67.3 Å². The molecule has 0 fully saturated rings. The predicted molar refractivity (Wildman–Crippen MR) is 219 cm³/mol. The van der Waals surface area contributed by atoms with Crippen molar-refractivity contribution in [3.05, 3.63) is 188 Å². The molecule has 10 rings (SSSR count). The number of anilines is 3. The van der Waals surface area contributed by atoms with Crippen molar-refractivity contribution in [3.63, 3.8) is 0 Å². The van der Waals surface area contributed by atoms with Gasteiger partial charge in [-0.1, -0.05) is 97.1 Å². The Morgan fingerprint density at radius 1 is 0.327 bits per heavy atom. The summed E-state index contributed by atoms with van der Waals surface area (Å²) in [6.07, 6.45) is 0. The third-order valence-corrected chi connectivity index (χ3v) is 9.55. The van der Waals surface area contributed by atoms with Crippen LogP contribution in [0.2, 0.25) is 0 Å². The highest BCUT2D eigenvalue weighted by Gasteiger charge is 2.19. The Balaban J connectivity index is 1.08. The fraction of sp³-hybridized carbons (Fsp3) is 0. The molecule has 0 atom stereocenters. The summed E-state index contributed by atoms with van der Waals surface area (Å²) in [6.45, 7) is 0. The number of rotatable bonds is 8. The van der Waals surface area contributed by atoms with Crippen LogP contribution in [0.4, 0.5) is 17.1 Å². The molecule has 3 heterocycles.